The molecule has 4 fully saturated rings. The van der Waals surface area contributed by atoms with E-state index >= 15 is 0 Å². The molecule has 7 rings (SSSR count). The molecule has 3 aliphatic carbocycles. The number of ether oxygens (including phenoxy) is 1. The first-order valence-corrected chi connectivity index (χ1v) is 14.0. The van der Waals surface area contributed by atoms with Crippen molar-refractivity contribution in [2.75, 3.05) is 14.1 Å². The van der Waals surface area contributed by atoms with Gasteiger partial charge in [-0.3, -0.25) is 5.10 Å². The fraction of sp³-hybridized carbons (Fsp3) is 0.690. The van der Waals surface area contributed by atoms with Gasteiger partial charge in [0.05, 0.1) is 33.8 Å². The van der Waals surface area contributed by atoms with Gasteiger partial charge in [-0.2, -0.15) is 5.10 Å². The second-order valence-electron chi connectivity index (χ2n) is 13.0. The molecular formula is C29H38ClN3O3. The van der Waals surface area contributed by atoms with E-state index in [1.165, 1.54) is 16.5 Å². The summed E-state index contributed by atoms with van der Waals surface area (Å²) >= 11 is 7.63. The lowest BCUT2D eigenvalue weighted by Crippen LogP contribution is -2.72. The Bertz CT molecular complexity index is 1280. The Balaban J connectivity index is 1.27. The number of aromatic amines is 1. The molecule has 2 bridgehead atoms. The fourth-order valence-electron chi connectivity index (χ4n) is 9.32. The van der Waals surface area contributed by atoms with Gasteiger partial charge >= 0.3 is 0 Å². The Morgan fingerprint density at radius 3 is 2.69 bits per heavy atom. The van der Waals surface area contributed by atoms with E-state index in [0.717, 1.165) is 49.7 Å². The summed E-state index contributed by atoms with van der Waals surface area (Å²) in [7, 11) is 3.97. The van der Waals surface area contributed by atoms with Gasteiger partial charge in [-0.05, 0) is 88.6 Å². The molecule has 36 heavy (non-hydrogen) atoms. The lowest BCUT2D eigenvalue weighted by molar-refractivity contribution is -0.276. The molecule has 3 unspecified atom stereocenters. The molecule has 194 valence electrons. The number of likely N-dealkylation sites (N-methyl/N-ethyl adjacent to an activating group) is 1. The Morgan fingerprint density at radius 2 is 1.92 bits per heavy atom. The molecule has 2 spiro atoms. The molecule has 2 aromatic rings. The van der Waals surface area contributed by atoms with Crippen molar-refractivity contribution in [1.29, 1.82) is 0 Å². The number of benzene rings is 1. The molecule has 2 saturated heterocycles. The highest BCUT2D eigenvalue weighted by Crippen LogP contribution is 2.73. The van der Waals surface area contributed by atoms with Crippen LogP contribution in [0.4, 0.5) is 0 Å². The van der Waals surface area contributed by atoms with Gasteiger partial charge in [0.2, 0.25) is 0 Å². The van der Waals surface area contributed by atoms with Gasteiger partial charge in [0.15, 0.2) is 0 Å². The Morgan fingerprint density at radius 1 is 1.11 bits per heavy atom. The standard InChI is InChI=1S/C29H38ClN3O3/c1-16-18-6-5-17(13-21(18)32-31-16)19-7-8-23-26(19,2)9-11-28(30)14-20-24(34)25(35)22(33(3)4)15-27(20)10-12-29(23,28)36-27/h5-7,13,20,22-25,34-35H,8-12,14-15H2,1-4H3,(H,31,32)/t20?,22-,23?,24+,25+,26+,27+,28?,29-/m0/s1. The third-order valence-corrected chi connectivity index (χ3v) is 11.9. The van der Waals surface area contributed by atoms with Crippen LogP contribution >= 0.6 is 11.6 Å². The van der Waals surface area contributed by atoms with Crippen LogP contribution in [-0.4, -0.2) is 73.7 Å². The predicted octanol–water partition coefficient (Wildman–Crippen LogP) is 4.42. The number of alkyl halides is 1. The Labute approximate surface area is 218 Å². The number of H-pyrrole nitrogens is 1. The van der Waals surface area contributed by atoms with E-state index in [1.807, 2.05) is 19.0 Å². The average Bonchev–Trinajstić information content (AvgIpc) is 3.50. The predicted molar refractivity (Wildman–Crippen MR) is 141 cm³/mol. The molecule has 5 aliphatic rings. The van der Waals surface area contributed by atoms with E-state index in [0.29, 0.717) is 12.3 Å². The summed E-state index contributed by atoms with van der Waals surface area (Å²) in [5.74, 6) is 0.172. The van der Waals surface area contributed by atoms with Crippen LogP contribution in [0.15, 0.2) is 24.3 Å². The topological polar surface area (TPSA) is 81.6 Å². The summed E-state index contributed by atoms with van der Waals surface area (Å²) < 4.78 is 7.34. The second-order valence-corrected chi connectivity index (χ2v) is 13.7. The van der Waals surface area contributed by atoms with Crippen molar-refractivity contribution in [2.45, 2.75) is 93.1 Å². The van der Waals surface area contributed by atoms with E-state index in [2.05, 4.69) is 48.3 Å². The smallest absolute Gasteiger partial charge is 0.0958 e. The SMILES string of the molecule is Cc1[nH]nc2cc(C3=CCC4[C@@]56CC[C@]7(C[C@H](N(C)C)[C@@H](O)[C@H](O)C7CC5(Cl)CC[C@]34C)O6)ccc12. The van der Waals surface area contributed by atoms with Gasteiger partial charge in [0.25, 0.3) is 0 Å². The lowest BCUT2D eigenvalue weighted by atomic mass is 9.52. The minimum Gasteiger partial charge on any atom is -0.390 e. The Hall–Kier alpha value is -1.44. The number of aromatic nitrogens is 2. The van der Waals surface area contributed by atoms with Crippen LogP contribution in [0.25, 0.3) is 16.5 Å². The second kappa shape index (κ2) is 7.35. The molecular weight excluding hydrogens is 474 g/mol. The van der Waals surface area contributed by atoms with Crippen LogP contribution in [0.1, 0.15) is 63.1 Å². The number of allylic oxidation sites excluding steroid dienone is 2. The molecule has 9 atom stereocenters. The minimum absolute atomic E-state index is 0.0243. The molecule has 1 aromatic carbocycles. The van der Waals surface area contributed by atoms with Crippen LogP contribution in [0, 0.1) is 24.2 Å². The zero-order valence-electron chi connectivity index (χ0n) is 21.7. The van der Waals surface area contributed by atoms with E-state index in [9.17, 15) is 10.2 Å². The highest BCUT2D eigenvalue weighted by molar-refractivity contribution is 6.25. The van der Waals surface area contributed by atoms with Crippen LogP contribution in [0.2, 0.25) is 0 Å². The van der Waals surface area contributed by atoms with Crippen molar-refractivity contribution in [1.82, 2.24) is 15.1 Å². The minimum atomic E-state index is -0.813. The number of nitrogens with one attached hydrogen (secondary N) is 1. The molecule has 3 N–H and O–H groups in total. The van der Waals surface area contributed by atoms with Crippen molar-refractivity contribution in [2.24, 2.45) is 17.3 Å². The van der Waals surface area contributed by atoms with Crippen molar-refractivity contribution in [3.05, 3.63) is 35.5 Å². The van der Waals surface area contributed by atoms with Crippen molar-refractivity contribution >= 4 is 28.1 Å². The summed E-state index contributed by atoms with van der Waals surface area (Å²) in [6.07, 6.45) is 6.95. The van der Waals surface area contributed by atoms with Gasteiger partial charge < -0.3 is 19.8 Å². The molecule has 2 aliphatic heterocycles. The van der Waals surface area contributed by atoms with Gasteiger partial charge in [0.1, 0.15) is 0 Å². The quantitative estimate of drug-likeness (QED) is 0.520. The number of nitrogens with zero attached hydrogens (tertiary/aromatic N) is 2. The molecule has 2 saturated carbocycles. The van der Waals surface area contributed by atoms with Gasteiger partial charge in [-0.1, -0.05) is 25.1 Å². The zero-order chi connectivity index (χ0) is 25.3. The molecule has 3 heterocycles. The number of aliphatic hydroxyl groups is 2. The number of aryl methyl sites for hydroxylation is 1. The molecule has 6 nitrogen and oxygen atoms in total. The van der Waals surface area contributed by atoms with Crippen molar-refractivity contribution in [3.63, 3.8) is 0 Å². The summed E-state index contributed by atoms with van der Waals surface area (Å²) in [6, 6.07) is 6.55. The number of halogens is 1. The number of aliphatic hydroxyl groups excluding tert-OH is 2. The summed E-state index contributed by atoms with van der Waals surface area (Å²) in [5, 5.41) is 31.1. The first-order valence-electron chi connectivity index (χ1n) is 13.6. The largest absolute Gasteiger partial charge is 0.390 e. The molecule has 1 aromatic heterocycles. The highest BCUT2D eigenvalue weighted by atomic mass is 35.5. The normalized spacial score (nSPS) is 47.6. The van der Waals surface area contributed by atoms with E-state index in [1.54, 1.807) is 0 Å². The summed E-state index contributed by atoms with van der Waals surface area (Å²) in [4.78, 5) is 1.53. The third kappa shape index (κ3) is 2.75. The molecule has 7 heteroatoms. The fourth-order valence-corrected chi connectivity index (χ4v) is 9.85. The van der Waals surface area contributed by atoms with Gasteiger partial charge in [0, 0.05) is 29.0 Å². The van der Waals surface area contributed by atoms with Crippen LogP contribution < -0.4 is 0 Å². The maximum Gasteiger partial charge on any atom is 0.0958 e. The Kier molecular flexibility index (Phi) is 4.83. The first kappa shape index (κ1) is 23.7. The first-order chi connectivity index (χ1) is 17.0. The number of hydrogen-bond acceptors (Lipinski definition) is 5. The van der Waals surface area contributed by atoms with Crippen molar-refractivity contribution < 1.29 is 14.9 Å². The summed E-state index contributed by atoms with van der Waals surface area (Å²) in [5.41, 5.74) is 3.91. The third-order valence-electron chi connectivity index (χ3n) is 11.3. The van der Waals surface area contributed by atoms with E-state index in [4.69, 9.17) is 16.3 Å². The average molecular weight is 512 g/mol. The van der Waals surface area contributed by atoms with Gasteiger partial charge in [-0.15, -0.1) is 11.6 Å². The monoisotopic (exact) mass is 511 g/mol. The molecule has 0 amide bonds. The summed E-state index contributed by atoms with van der Waals surface area (Å²) in [6.45, 7) is 4.48. The number of fused-ring (bicyclic) bond motifs is 2. The highest BCUT2D eigenvalue weighted by Gasteiger charge is 2.76. The van der Waals surface area contributed by atoms with Crippen LogP contribution in [-0.2, 0) is 4.74 Å². The maximum atomic E-state index is 11.3. The zero-order valence-corrected chi connectivity index (χ0v) is 22.5. The van der Waals surface area contributed by atoms with Gasteiger partial charge in [-0.25, -0.2) is 0 Å². The lowest BCUT2D eigenvalue weighted by Gasteiger charge is -2.65. The van der Waals surface area contributed by atoms with Crippen molar-refractivity contribution in [3.8, 4) is 0 Å². The maximum absolute atomic E-state index is 11.3. The number of rotatable bonds is 2. The van der Waals surface area contributed by atoms with Crippen LogP contribution in [0.5, 0.6) is 0 Å². The van der Waals surface area contributed by atoms with E-state index in [-0.39, 0.29) is 17.4 Å². The molecule has 0 radical (unpaired) electrons. The van der Waals surface area contributed by atoms with Crippen LogP contribution in [0.3, 0.4) is 0 Å². The number of hydrogen-bond donors (Lipinski definition) is 3. The van der Waals surface area contributed by atoms with E-state index < -0.39 is 28.3 Å².